The van der Waals surface area contributed by atoms with Crippen molar-refractivity contribution in [3.05, 3.63) is 62.9 Å². The highest BCUT2D eigenvalue weighted by Crippen LogP contribution is 2.32. The van der Waals surface area contributed by atoms with E-state index in [4.69, 9.17) is 0 Å². The minimum absolute atomic E-state index is 0.122. The maximum atomic E-state index is 12.2. The smallest absolute Gasteiger partial charge is 0.292 e. The molecule has 0 radical (unpaired) electrons. The first kappa shape index (κ1) is 17.6. The fourth-order valence-corrected chi connectivity index (χ4v) is 2.75. The molecule has 0 unspecified atom stereocenters. The third kappa shape index (κ3) is 3.27. The number of hydrogen-bond donors (Lipinski definition) is 2. The van der Waals surface area contributed by atoms with Crippen molar-refractivity contribution in [2.24, 2.45) is 7.05 Å². The van der Waals surface area contributed by atoms with Crippen molar-refractivity contribution in [3.8, 4) is 11.3 Å². The highest BCUT2D eigenvalue weighted by atomic mass is 16.6. The molecule has 0 aliphatic carbocycles. The monoisotopic (exact) mass is 354 g/mol. The van der Waals surface area contributed by atoms with Crippen molar-refractivity contribution < 1.29 is 10.0 Å². The molecule has 0 spiro atoms. The van der Waals surface area contributed by atoms with E-state index in [2.05, 4.69) is 10.4 Å². The summed E-state index contributed by atoms with van der Waals surface area (Å²) in [4.78, 5) is 23.2. The highest BCUT2D eigenvalue weighted by molar-refractivity contribution is 5.94. The molecule has 2 N–H and O–H groups in total. The summed E-state index contributed by atoms with van der Waals surface area (Å²) in [7, 11) is 1.55. The zero-order valence-corrected chi connectivity index (χ0v) is 14.3. The van der Waals surface area contributed by atoms with Crippen molar-refractivity contribution in [1.29, 1.82) is 0 Å². The molecule has 2 aromatic carbocycles. The molecule has 0 bridgehead atoms. The van der Waals surface area contributed by atoms with Crippen molar-refractivity contribution >= 4 is 22.1 Å². The lowest BCUT2D eigenvalue weighted by molar-refractivity contribution is -0.383. The predicted octanol–water partition coefficient (Wildman–Crippen LogP) is 2.30. The summed E-state index contributed by atoms with van der Waals surface area (Å²) < 4.78 is 1.23. The molecule has 26 heavy (non-hydrogen) atoms. The van der Waals surface area contributed by atoms with Gasteiger partial charge in [0, 0.05) is 30.6 Å². The fourth-order valence-electron chi connectivity index (χ4n) is 2.75. The van der Waals surface area contributed by atoms with E-state index in [9.17, 15) is 20.0 Å². The van der Waals surface area contributed by atoms with Gasteiger partial charge in [0.25, 0.3) is 11.2 Å². The van der Waals surface area contributed by atoms with Gasteiger partial charge in [-0.15, -0.1) is 0 Å². The molecule has 3 aromatic rings. The molecule has 1 atom stereocenters. The van der Waals surface area contributed by atoms with Crippen LogP contribution in [0.4, 0.5) is 11.4 Å². The molecular weight excluding hydrogens is 336 g/mol. The van der Waals surface area contributed by atoms with Crippen LogP contribution in [-0.2, 0) is 7.05 Å². The molecule has 8 nitrogen and oxygen atoms in total. The topological polar surface area (TPSA) is 110 Å². The molecule has 3 rings (SSSR count). The Balaban J connectivity index is 2.18. The number of aliphatic hydroxyl groups excluding tert-OH is 1. The van der Waals surface area contributed by atoms with Crippen LogP contribution in [0.1, 0.15) is 6.92 Å². The van der Waals surface area contributed by atoms with Crippen LogP contribution in [0.5, 0.6) is 0 Å². The van der Waals surface area contributed by atoms with Crippen molar-refractivity contribution in [2.75, 3.05) is 11.9 Å². The van der Waals surface area contributed by atoms with Crippen molar-refractivity contribution in [1.82, 2.24) is 9.78 Å². The molecule has 0 aliphatic heterocycles. The van der Waals surface area contributed by atoms with Crippen LogP contribution < -0.4 is 10.9 Å². The van der Waals surface area contributed by atoms with E-state index in [1.807, 2.05) is 0 Å². The van der Waals surface area contributed by atoms with Crippen LogP contribution >= 0.6 is 0 Å². The summed E-state index contributed by atoms with van der Waals surface area (Å²) >= 11 is 0. The number of nitro benzene ring substituents is 1. The van der Waals surface area contributed by atoms with Gasteiger partial charge in [-0.05, 0) is 19.1 Å². The van der Waals surface area contributed by atoms with Crippen molar-refractivity contribution in [2.45, 2.75) is 13.0 Å². The molecular formula is C18H18N4O4. The third-order valence-electron chi connectivity index (χ3n) is 4.01. The second kappa shape index (κ2) is 6.93. The number of anilines is 1. The summed E-state index contributed by atoms with van der Waals surface area (Å²) in [6, 6.07) is 11.7. The number of benzene rings is 2. The van der Waals surface area contributed by atoms with Crippen molar-refractivity contribution in [3.63, 3.8) is 0 Å². The Hall–Kier alpha value is -3.26. The van der Waals surface area contributed by atoms with E-state index in [-0.39, 0.29) is 17.8 Å². The number of aliphatic hydroxyl groups is 1. The average molecular weight is 354 g/mol. The molecule has 0 fully saturated rings. The van der Waals surface area contributed by atoms with Crippen LogP contribution in [0.3, 0.4) is 0 Å². The van der Waals surface area contributed by atoms with Gasteiger partial charge in [-0.3, -0.25) is 14.9 Å². The number of aryl methyl sites for hydroxylation is 1. The molecule has 1 aromatic heterocycles. The van der Waals surface area contributed by atoms with Gasteiger partial charge in [-0.2, -0.15) is 5.10 Å². The summed E-state index contributed by atoms with van der Waals surface area (Å²) in [6.07, 6.45) is -0.636. The largest absolute Gasteiger partial charge is 0.392 e. The van der Waals surface area contributed by atoms with Crippen LogP contribution in [0.25, 0.3) is 22.0 Å². The third-order valence-corrected chi connectivity index (χ3v) is 4.01. The Morgan fingerprint density at radius 2 is 1.96 bits per heavy atom. The maximum absolute atomic E-state index is 12.2. The van der Waals surface area contributed by atoms with Gasteiger partial charge in [0.05, 0.1) is 22.1 Å². The van der Waals surface area contributed by atoms with Crippen LogP contribution in [0.2, 0.25) is 0 Å². The lowest BCUT2D eigenvalue weighted by Gasteiger charge is -2.11. The first-order valence-corrected chi connectivity index (χ1v) is 8.05. The standard InChI is InChI=1S/C18H18N4O4/c1-11(23)10-19-15-8-7-12(9-16(15)22(25)26)17-13-5-3-4-6-14(13)18(24)21(2)20-17/h3-9,11,19,23H,10H2,1-2H3/t11-/m0/s1. The minimum atomic E-state index is -0.636. The molecule has 8 heteroatoms. The Morgan fingerprint density at radius 1 is 1.27 bits per heavy atom. The SMILES string of the molecule is C[C@H](O)CNc1ccc(-c2nn(C)c(=O)c3ccccc23)cc1[N+](=O)[O-]. The van der Waals surface area contributed by atoms with Crippen LogP contribution in [-0.4, -0.2) is 32.5 Å². The quantitative estimate of drug-likeness (QED) is 0.537. The molecule has 1 heterocycles. The minimum Gasteiger partial charge on any atom is -0.392 e. The summed E-state index contributed by atoms with van der Waals surface area (Å²) in [5, 5.41) is 29.1. The van der Waals surface area contributed by atoms with Gasteiger partial charge in [-0.1, -0.05) is 24.3 Å². The first-order chi connectivity index (χ1) is 12.4. The second-order valence-electron chi connectivity index (χ2n) is 6.04. The molecule has 0 amide bonds. The lowest BCUT2D eigenvalue weighted by Crippen LogP contribution is -2.20. The number of nitrogens with one attached hydrogen (secondary N) is 1. The van der Waals surface area contributed by atoms with E-state index in [1.165, 1.54) is 10.7 Å². The summed E-state index contributed by atoms with van der Waals surface area (Å²) in [5.74, 6) is 0. The van der Waals surface area contributed by atoms with E-state index in [1.54, 1.807) is 50.4 Å². The number of aromatic nitrogens is 2. The molecule has 134 valence electrons. The summed E-state index contributed by atoms with van der Waals surface area (Å²) in [6.45, 7) is 1.79. The number of rotatable bonds is 5. The Kier molecular flexibility index (Phi) is 4.68. The lowest BCUT2D eigenvalue weighted by atomic mass is 10.0. The number of fused-ring (bicyclic) bond motifs is 1. The fraction of sp³-hybridized carbons (Fsp3) is 0.222. The zero-order chi connectivity index (χ0) is 18.8. The Labute approximate surface area is 148 Å². The van der Waals surface area contributed by atoms with Gasteiger partial charge in [0.15, 0.2) is 0 Å². The van der Waals surface area contributed by atoms with Crippen LogP contribution in [0, 0.1) is 10.1 Å². The molecule has 0 aliphatic rings. The Bertz CT molecular complexity index is 1040. The van der Waals surface area contributed by atoms with E-state index in [0.717, 1.165) is 0 Å². The Morgan fingerprint density at radius 3 is 2.62 bits per heavy atom. The first-order valence-electron chi connectivity index (χ1n) is 8.05. The van der Waals surface area contributed by atoms with E-state index < -0.39 is 11.0 Å². The van der Waals surface area contributed by atoms with E-state index in [0.29, 0.717) is 27.7 Å². The second-order valence-corrected chi connectivity index (χ2v) is 6.04. The average Bonchev–Trinajstić information content (AvgIpc) is 2.63. The zero-order valence-electron chi connectivity index (χ0n) is 14.3. The van der Waals surface area contributed by atoms with Gasteiger partial charge in [-0.25, -0.2) is 4.68 Å². The maximum Gasteiger partial charge on any atom is 0.292 e. The number of hydrogen-bond acceptors (Lipinski definition) is 6. The highest BCUT2D eigenvalue weighted by Gasteiger charge is 2.18. The molecule has 0 saturated carbocycles. The summed E-state index contributed by atoms with van der Waals surface area (Å²) in [5.41, 5.74) is 0.990. The predicted molar refractivity (Wildman–Crippen MR) is 99.2 cm³/mol. The van der Waals surface area contributed by atoms with E-state index >= 15 is 0 Å². The number of nitrogens with zero attached hydrogens (tertiary/aromatic N) is 3. The van der Waals surface area contributed by atoms with Gasteiger partial charge >= 0.3 is 0 Å². The van der Waals surface area contributed by atoms with Crippen LogP contribution in [0.15, 0.2) is 47.3 Å². The normalized spacial score (nSPS) is 12.1. The number of nitro groups is 1. The molecule has 0 saturated heterocycles. The van der Waals surface area contributed by atoms with Gasteiger partial charge in [0.1, 0.15) is 5.69 Å². The van der Waals surface area contributed by atoms with Gasteiger partial charge < -0.3 is 10.4 Å². The van der Waals surface area contributed by atoms with Gasteiger partial charge in [0.2, 0.25) is 0 Å².